The molecular weight excluding hydrogens is 252 g/mol. The molecule has 1 heterocycles. The third-order valence-corrected chi connectivity index (χ3v) is 3.19. The smallest absolute Gasteiger partial charge is 0.161 e. The van der Waals surface area contributed by atoms with Gasteiger partial charge < -0.3 is 14.8 Å². The van der Waals surface area contributed by atoms with Crippen molar-refractivity contribution in [1.29, 1.82) is 0 Å². The van der Waals surface area contributed by atoms with Crippen LogP contribution in [-0.4, -0.2) is 19.2 Å². The Morgan fingerprint density at radius 1 is 1.10 bits per heavy atom. The molecule has 0 fully saturated rings. The maximum absolute atomic E-state index is 5.30. The van der Waals surface area contributed by atoms with Gasteiger partial charge in [-0.25, -0.2) is 0 Å². The second-order valence-electron chi connectivity index (χ2n) is 4.55. The van der Waals surface area contributed by atoms with Crippen LogP contribution in [0.4, 0.5) is 0 Å². The molecule has 0 radical (unpaired) electrons. The fraction of sp³-hybridized carbons (Fsp3) is 0.312. The van der Waals surface area contributed by atoms with Crippen molar-refractivity contribution in [2.75, 3.05) is 14.2 Å². The number of aromatic nitrogens is 1. The van der Waals surface area contributed by atoms with Crippen LogP contribution in [0.15, 0.2) is 42.6 Å². The summed E-state index contributed by atoms with van der Waals surface area (Å²) in [6.07, 6.45) is 1.81. The molecule has 2 rings (SSSR count). The molecule has 0 bridgehead atoms. The van der Waals surface area contributed by atoms with Gasteiger partial charge in [0.15, 0.2) is 11.5 Å². The number of ether oxygens (including phenoxy) is 2. The lowest BCUT2D eigenvalue weighted by molar-refractivity contribution is 0.354. The molecular formula is C16H20N2O2. The Hall–Kier alpha value is -2.07. The number of rotatable bonds is 6. The third kappa shape index (κ3) is 3.48. The first kappa shape index (κ1) is 14.3. The largest absolute Gasteiger partial charge is 0.493 e. The highest BCUT2D eigenvalue weighted by Gasteiger charge is 2.08. The van der Waals surface area contributed by atoms with E-state index in [0.717, 1.165) is 29.3 Å². The van der Waals surface area contributed by atoms with Crippen molar-refractivity contribution in [2.45, 2.75) is 19.5 Å². The lowest BCUT2D eigenvalue weighted by Crippen LogP contribution is -2.19. The van der Waals surface area contributed by atoms with Crippen LogP contribution in [-0.2, 0) is 6.54 Å². The van der Waals surface area contributed by atoms with E-state index in [2.05, 4.69) is 17.2 Å². The average Bonchev–Trinajstić information content (AvgIpc) is 2.53. The van der Waals surface area contributed by atoms with Gasteiger partial charge in [-0.05, 0) is 36.8 Å². The second-order valence-corrected chi connectivity index (χ2v) is 4.55. The van der Waals surface area contributed by atoms with Gasteiger partial charge in [0.1, 0.15) is 0 Å². The summed E-state index contributed by atoms with van der Waals surface area (Å²) in [5.74, 6) is 1.49. The van der Waals surface area contributed by atoms with E-state index in [1.54, 1.807) is 14.2 Å². The summed E-state index contributed by atoms with van der Waals surface area (Å²) in [5, 5.41) is 3.45. The minimum atomic E-state index is 0.198. The third-order valence-electron chi connectivity index (χ3n) is 3.19. The molecule has 1 N–H and O–H groups in total. The molecule has 0 saturated heterocycles. The average molecular weight is 272 g/mol. The van der Waals surface area contributed by atoms with Crippen LogP contribution in [0.25, 0.3) is 0 Å². The van der Waals surface area contributed by atoms with Crippen molar-refractivity contribution < 1.29 is 9.47 Å². The minimum Gasteiger partial charge on any atom is -0.493 e. The Kier molecular flexibility index (Phi) is 4.96. The zero-order valence-electron chi connectivity index (χ0n) is 12.1. The molecule has 4 heteroatoms. The molecule has 1 aromatic heterocycles. The second kappa shape index (κ2) is 6.91. The summed E-state index contributed by atoms with van der Waals surface area (Å²) in [7, 11) is 3.28. The van der Waals surface area contributed by atoms with Crippen LogP contribution < -0.4 is 14.8 Å². The predicted molar refractivity (Wildman–Crippen MR) is 79.0 cm³/mol. The molecule has 0 aliphatic carbocycles. The Morgan fingerprint density at radius 3 is 2.55 bits per heavy atom. The molecule has 1 aromatic carbocycles. The lowest BCUT2D eigenvalue weighted by atomic mass is 10.1. The molecule has 106 valence electrons. The SMILES string of the molecule is COc1ccc(CN[C@H](C)c2ccccn2)cc1OC. The molecule has 4 nitrogen and oxygen atoms in total. The van der Waals surface area contributed by atoms with Crippen molar-refractivity contribution in [1.82, 2.24) is 10.3 Å². The highest BCUT2D eigenvalue weighted by atomic mass is 16.5. The molecule has 0 aliphatic heterocycles. The standard InChI is InChI=1S/C16H20N2O2/c1-12(14-6-4-5-9-17-14)18-11-13-7-8-15(19-2)16(10-13)20-3/h4-10,12,18H,11H2,1-3H3/t12-/m1/s1. The van der Waals surface area contributed by atoms with Gasteiger partial charge in [-0.2, -0.15) is 0 Å². The van der Waals surface area contributed by atoms with E-state index in [9.17, 15) is 0 Å². The van der Waals surface area contributed by atoms with Gasteiger partial charge in [-0.1, -0.05) is 12.1 Å². The Bertz CT molecular complexity index is 543. The van der Waals surface area contributed by atoms with Crippen molar-refractivity contribution >= 4 is 0 Å². The fourth-order valence-electron chi connectivity index (χ4n) is 2.00. The maximum atomic E-state index is 5.30. The van der Waals surface area contributed by atoms with Gasteiger partial charge >= 0.3 is 0 Å². The predicted octanol–water partition coefficient (Wildman–Crippen LogP) is 2.95. The highest BCUT2D eigenvalue weighted by molar-refractivity contribution is 5.42. The number of methoxy groups -OCH3 is 2. The zero-order valence-corrected chi connectivity index (χ0v) is 12.1. The quantitative estimate of drug-likeness (QED) is 0.878. The summed E-state index contributed by atoms with van der Waals surface area (Å²) < 4.78 is 10.5. The van der Waals surface area contributed by atoms with E-state index < -0.39 is 0 Å². The van der Waals surface area contributed by atoms with Gasteiger partial charge in [0.25, 0.3) is 0 Å². The zero-order chi connectivity index (χ0) is 14.4. The number of hydrogen-bond acceptors (Lipinski definition) is 4. The monoisotopic (exact) mass is 272 g/mol. The van der Waals surface area contributed by atoms with Crippen molar-refractivity contribution in [2.24, 2.45) is 0 Å². The van der Waals surface area contributed by atoms with Gasteiger partial charge in [-0.3, -0.25) is 4.98 Å². The minimum absolute atomic E-state index is 0.198. The molecule has 2 aromatic rings. The summed E-state index contributed by atoms with van der Waals surface area (Å²) in [6, 6.07) is 12.1. The Labute approximate surface area is 119 Å². The molecule has 0 aliphatic rings. The van der Waals surface area contributed by atoms with Crippen molar-refractivity contribution in [3.8, 4) is 11.5 Å². The number of benzene rings is 1. The van der Waals surface area contributed by atoms with E-state index >= 15 is 0 Å². The van der Waals surface area contributed by atoms with Crippen LogP contribution in [0, 0.1) is 0 Å². The number of nitrogens with zero attached hydrogens (tertiary/aromatic N) is 1. The van der Waals surface area contributed by atoms with E-state index in [1.165, 1.54) is 0 Å². The fourth-order valence-corrected chi connectivity index (χ4v) is 2.00. The normalized spacial score (nSPS) is 11.9. The topological polar surface area (TPSA) is 43.4 Å². The van der Waals surface area contributed by atoms with E-state index in [-0.39, 0.29) is 6.04 Å². The summed E-state index contributed by atoms with van der Waals surface area (Å²) in [5.41, 5.74) is 2.18. The van der Waals surface area contributed by atoms with Gasteiger partial charge in [0, 0.05) is 18.8 Å². The summed E-state index contributed by atoms with van der Waals surface area (Å²) in [4.78, 5) is 4.34. The van der Waals surface area contributed by atoms with E-state index in [1.807, 2.05) is 42.6 Å². The van der Waals surface area contributed by atoms with Crippen molar-refractivity contribution in [3.63, 3.8) is 0 Å². The summed E-state index contributed by atoms with van der Waals surface area (Å²) in [6.45, 7) is 2.85. The van der Waals surface area contributed by atoms with Crippen molar-refractivity contribution in [3.05, 3.63) is 53.9 Å². The highest BCUT2D eigenvalue weighted by Crippen LogP contribution is 2.27. The van der Waals surface area contributed by atoms with Crippen LogP contribution in [0.5, 0.6) is 11.5 Å². The Morgan fingerprint density at radius 2 is 1.90 bits per heavy atom. The van der Waals surface area contributed by atoms with Crippen LogP contribution >= 0.6 is 0 Å². The lowest BCUT2D eigenvalue weighted by Gasteiger charge is -2.14. The molecule has 0 unspecified atom stereocenters. The number of nitrogens with one attached hydrogen (secondary N) is 1. The number of pyridine rings is 1. The molecule has 1 atom stereocenters. The molecule has 0 amide bonds. The van der Waals surface area contributed by atoms with Gasteiger partial charge in [-0.15, -0.1) is 0 Å². The van der Waals surface area contributed by atoms with Crippen LogP contribution in [0.3, 0.4) is 0 Å². The van der Waals surface area contributed by atoms with Gasteiger partial charge in [0.2, 0.25) is 0 Å². The van der Waals surface area contributed by atoms with Crippen LogP contribution in [0.1, 0.15) is 24.2 Å². The van der Waals surface area contributed by atoms with Crippen LogP contribution in [0.2, 0.25) is 0 Å². The first-order chi connectivity index (χ1) is 9.74. The van der Waals surface area contributed by atoms with E-state index in [0.29, 0.717) is 0 Å². The van der Waals surface area contributed by atoms with Gasteiger partial charge in [0.05, 0.1) is 19.9 Å². The molecule has 0 spiro atoms. The maximum Gasteiger partial charge on any atom is 0.161 e. The summed E-state index contributed by atoms with van der Waals surface area (Å²) >= 11 is 0. The van der Waals surface area contributed by atoms with E-state index in [4.69, 9.17) is 9.47 Å². The Balaban J connectivity index is 2.00. The number of hydrogen-bond donors (Lipinski definition) is 1. The molecule has 20 heavy (non-hydrogen) atoms. The first-order valence-electron chi connectivity index (χ1n) is 6.60. The molecule has 0 saturated carbocycles. The first-order valence-corrected chi connectivity index (χ1v) is 6.60.